The Morgan fingerprint density at radius 1 is 1.17 bits per heavy atom. The van der Waals surface area contributed by atoms with E-state index in [1.807, 2.05) is 24.3 Å². The fraction of sp³-hybridized carbons (Fsp3) is 0.360. The Bertz CT molecular complexity index is 1150. The third kappa shape index (κ3) is 6.12. The number of hydrogen-bond acceptors (Lipinski definition) is 6. The maximum absolute atomic E-state index is 13.4. The first kappa shape index (κ1) is 25.0. The molecule has 1 saturated heterocycles. The van der Waals surface area contributed by atoms with Gasteiger partial charge in [0, 0.05) is 35.8 Å². The first-order valence-corrected chi connectivity index (χ1v) is 12.2. The van der Waals surface area contributed by atoms with Crippen molar-refractivity contribution in [3.05, 3.63) is 70.3 Å². The molecule has 2 heterocycles. The van der Waals surface area contributed by atoms with Gasteiger partial charge in [-0.05, 0) is 67.8 Å². The van der Waals surface area contributed by atoms with Gasteiger partial charge in [-0.25, -0.2) is 4.39 Å². The number of amides is 2. The van der Waals surface area contributed by atoms with Gasteiger partial charge in [0.25, 0.3) is 5.91 Å². The molecule has 2 aromatic carbocycles. The topological polar surface area (TPSA) is 88.8 Å². The molecule has 35 heavy (non-hydrogen) atoms. The Morgan fingerprint density at radius 2 is 1.91 bits per heavy atom. The highest BCUT2D eigenvalue weighted by atomic mass is 79.9. The van der Waals surface area contributed by atoms with E-state index in [0.29, 0.717) is 30.2 Å². The van der Waals surface area contributed by atoms with Crippen LogP contribution in [0, 0.1) is 5.82 Å². The van der Waals surface area contributed by atoms with E-state index < -0.39 is 5.82 Å². The molecule has 0 aliphatic carbocycles. The van der Waals surface area contributed by atoms with Crippen LogP contribution in [0.1, 0.15) is 41.6 Å². The van der Waals surface area contributed by atoms with Gasteiger partial charge in [-0.2, -0.15) is 4.98 Å². The molecule has 8 nitrogen and oxygen atoms in total. The molecular formula is C25H26BrFN4O4. The smallest absolute Gasteiger partial charge is 0.254 e. The lowest BCUT2D eigenvalue weighted by atomic mass is 10.0. The predicted molar refractivity (Wildman–Crippen MR) is 130 cm³/mol. The summed E-state index contributed by atoms with van der Waals surface area (Å²) in [4.78, 5) is 34.1. The second-order valence-corrected chi connectivity index (χ2v) is 9.20. The largest absolute Gasteiger partial charge is 0.383 e. The summed E-state index contributed by atoms with van der Waals surface area (Å²) in [5.74, 6) is -0.175. The van der Waals surface area contributed by atoms with Crippen molar-refractivity contribution in [2.45, 2.75) is 25.3 Å². The van der Waals surface area contributed by atoms with Gasteiger partial charge in [-0.3, -0.25) is 9.59 Å². The Hall–Kier alpha value is -3.11. The summed E-state index contributed by atoms with van der Waals surface area (Å²) in [6, 6.07) is 12.5. The maximum atomic E-state index is 13.4. The Kier molecular flexibility index (Phi) is 8.25. The number of carbonyl (C=O) groups is 2. The molecule has 0 radical (unpaired) electrons. The Balaban J connectivity index is 1.51. The van der Waals surface area contributed by atoms with Crippen LogP contribution in [0.25, 0.3) is 11.4 Å². The molecule has 4 rings (SSSR count). The fourth-order valence-electron chi connectivity index (χ4n) is 4.06. The fourth-order valence-corrected chi connectivity index (χ4v) is 4.32. The van der Waals surface area contributed by atoms with E-state index in [2.05, 4.69) is 26.1 Å². The van der Waals surface area contributed by atoms with Crippen LogP contribution >= 0.6 is 15.9 Å². The van der Waals surface area contributed by atoms with Gasteiger partial charge >= 0.3 is 0 Å². The molecule has 1 aliphatic heterocycles. The van der Waals surface area contributed by atoms with Crippen LogP contribution in [0.5, 0.6) is 0 Å². The summed E-state index contributed by atoms with van der Waals surface area (Å²) >= 11 is 3.41. The minimum atomic E-state index is -0.431. The van der Waals surface area contributed by atoms with Crippen molar-refractivity contribution in [3.8, 4) is 11.4 Å². The van der Waals surface area contributed by atoms with Crippen LogP contribution in [-0.2, 0) is 9.53 Å². The van der Waals surface area contributed by atoms with Crippen molar-refractivity contribution in [2.24, 2.45) is 0 Å². The zero-order valence-electron chi connectivity index (χ0n) is 19.3. The lowest BCUT2D eigenvalue weighted by Gasteiger charge is -2.35. The molecule has 1 unspecified atom stereocenters. The highest BCUT2D eigenvalue weighted by Gasteiger charge is 2.33. The van der Waals surface area contributed by atoms with E-state index in [9.17, 15) is 14.0 Å². The number of piperidine rings is 1. The molecule has 0 N–H and O–H groups in total. The molecule has 1 aliphatic rings. The number of aromatic nitrogens is 2. The average Bonchev–Trinajstić information content (AvgIpc) is 3.37. The van der Waals surface area contributed by atoms with Crippen LogP contribution in [0.15, 0.2) is 57.5 Å². The van der Waals surface area contributed by atoms with Crippen LogP contribution in [0.2, 0.25) is 0 Å². The summed E-state index contributed by atoms with van der Waals surface area (Å²) in [6.07, 6.45) is 2.46. The summed E-state index contributed by atoms with van der Waals surface area (Å²) in [5, 5.41) is 4.11. The molecular weight excluding hydrogens is 519 g/mol. The number of carbonyl (C=O) groups excluding carboxylic acids is 2. The van der Waals surface area contributed by atoms with Gasteiger partial charge in [0.05, 0.1) is 6.61 Å². The van der Waals surface area contributed by atoms with Crippen molar-refractivity contribution in [1.82, 2.24) is 19.9 Å². The van der Waals surface area contributed by atoms with Gasteiger partial charge in [-0.1, -0.05) is 21.1 Å². The van der Waals surface area contributed by atoms with Crippen LogP contribution in [0.4, 0.5) is 4.39 Å². The molecule has 3 aromatic rings. The minimum absolute atomic E-state index is 0.135. The number of likely N-dealkylation sites (tertiary alicyclic amines) is 1. The number of benzene rings is 2. The van der Waals surface area contributed by atoms with Crippen molar-refractivity contribution in [2.75, 3.05) is 33.4 Å². The zero-order valence-corrected chi connectivity index (χ0v) is 20.9. The number of nitrogens with zero attached hydrogens (tertiary/aromatic N) is 4. The highest BCUT2D eigenvalue weighted by Crippen LogP contribution is 2.31. The number of hydrogen-bond donors (Lipinski definition) is 0. The summed E-state index contributed by atoms with van der Waals surface area (Å²) in [6.45, 7) is 0.890. The number of methoxy groups -OCH3 is 1. The molecule has 0 bridgehead atoms. The second-order valence-electron chi connectivity index (χ2n) is 8.29. The predicted octanol–water partition coefficient (Wildman–Crippen LogP) is 4.48. The molecule has 1 atom stereocenters. The number of ether oxygens (including phenoxy) is 1. The standard InChI is InChI=1S/C25H26BrFN4O4/c1-34-15-14-30(25(33)18-7-11-20(27)12-8-18)16-22(32)31-13-3-2-4-21(31)24-28-23(29-35-24)17-5-9-19(26)10-6-17/h5-12,21H,2-4,13-16H2,1H3. The molecule has 2 amide bonds. The van der Waals surface area contributed by atoms with Gasteiger partial charge in [0.15, 0.2) is 0 Å². The lowest BCUT2D eigenvalue weighted by molar-refractivity contribution is -0.136. The van der Waals surface area contributed by atoms with E-state index in [1.165, 1.54) is 36.3 Å². The van der Waals surface area contributed by atoms with E-state index >= 15 is 0 Å². The maximum Gasteiger partial charge on any atom is 0.254 e. The Morgan fingerprint density at radius 3 is 2.63 bits per heavy atom. The van der Waals surface area contributed by atoms with Crippen molar-refractivity contribution < 1.29 is 23.2 Å². The minimum Gasteiger partial charge on any atom is -0.383 e. The third-order valence-corrected chi connectivity index (χ3v) is 6.45. The highest BCUT2D eigenvalue weighted by molar-refractivity contribution is 9.10. The van der Waals surface area contributed by atoms with Crippen LogP contribution in [-0.4, -0.2) is 65.1 Å². The lowest BCUT2D eigenvalue weighted by Crippen LogP contribution is -2.46. The number of halogens is 2. The average molecular weight is 545 g/mol. The van der Waals surface area contributed by atoms with E-state index in [1.54, 1.807) is 4.90 Å². The van der Waals surface area contributed by atoms with Crippen molar-refractivity contribution in [3.63, 3.8) is 0 Å². The first-order chi connectivity index (χ1) is 17.0. The van der Waals surface area contributed by atoms with E-state index in [-0.39, 0.29) is 37.6 Å². The molecule has 184 valence electrons. The van der Waals surface area contributed by atoms with Crippen LogP contribution in [0.3, 0.4) is 0 Å². The Labute approximate surface area is 211 Å². The number of rotatable bonds is 8. The molecule has 0 saturated carbocycles. The molecule has 0 spiro atoms. The van der Waals surface area contributed by atoms with E-state index in [0.717, 1.165) is 22.9 Å². The normalized spacial score (nSPS) is 15.7. The quantitative estimate of drug-likeness (QED) is 0.415. The van der Waals surface area contributed by atoms with Gasteiger partial charge in [0.2, 0.25) is 17.6 Å². The first-order valence-electron chi connectivity index (χ1n) is 11.4. The SMILES string of the molecule is COCCN(CC(=O)N1CCCCC1c1nc(-c2ccc(Br)cc2)no1)C(=O)c1ccc(F)cc1. The summed E-state index contributed by atoms with van der Waals surface area (Å²) in [7, 11) is 1.53. The van der Waals surface area contributed by atoms with E-state index in [4.69, 9.17) is 9.26 Å². The summed E-state index contributed by atoms with van der Waals surface area (Å²) < 4.78 is 25.0. The molecule has 1 fully saturated rings. The molecule has 1 aromatic heterocycles. The van der Waals surface area contributed by atoms with Gasteiger partial charge in [0.1, 0.15) is 18.4 Å². The van der Waals surface area contributed by atoms with Crippen molar-refractivity contribution >= 4 is 27.7 Å². The zero-order chi connectivity index (χ0) is 24.8. The monoisotopic (exact) mass is 544 g/mol. The summed E-state index contributed by atoms with van der Waals surface area (Å²) in [5.41, 5.74) is 1.12. The second kappa shape index (κ2) is 11.5. The molecule has 10 heteroatoms. The van der Waals surface area contributed by atoms with Crippen molar-refractivity contribution in [1.29, 1.82) is 0 Å². The van der Waals surface area contributed by atoms with Crippen LogP contribution < -0.4 is 0 Å². The van der Waals surface area contributed by atoms with Gasteiger partial charge in [-0.15, -0.1) is 0 Å². The third-order valence-electron chi connectivity index (χ3n) is 5.92. The van der Waals surface area contributed by atoms with Gasteiger partial charge < -0.3 is 19.1 Å².